The molecule has 1 fully saturated rings. The van der Waals surface area contributed by atoms with Gasteiger partial charge in [0.1, 0.15) is 0 Å². The van der Waals surface area contributed by atoms with Crippen LogP contribution < -0.4 is 5.56 Å². The van der Waals surface area contributed by atoms with Gasteiger partial charge in [0.15, 0.2) is 5.82 Å². The summed E-state index contributed by atoms with van der Waals surface area (Å²) in [4.78, 5) is 16.2. The molecule has 0 saturated heterocycles. The van der Waals surface area contributed by atoms with Crippen molar-refractivity contribution >= 4 is 0 Å². The van der Waals surface area contributed by atoms with Gasteiger partial charge < -0.3 is 0 Å². The highest BCUT2D eigenvalue weighted by molar-refractivity contribution is 5.21. The normalized spacial score (nSPS) is 16.6. The van der Waals surface area contributed by atoms with Crippen LogP contribution in [-0.2, 0) is 6.42 Å². The van der Waals surface area contributed by atoms with Crippen LogP contribution in [0.1, 0.15) is 37.8 Å². The van der Waals surface area contributed by atoms with Gasteiger partial charge in [0, 0.05) is 18.0 Å². The van der Waals surface area contributed by atoms with E-state index >= 15 is 0 Å². The molecule has 0 bridgehead atoms. The Morgan fingerprint density at radius 2 is 2.11 bits per heavy atom. The molecule has 1 N–H and O–H groups in total. The molecule has 4 nitrogen and oxygen atoms in total. The van der Waals surface area contributed by atoms with Gasteiger partial charge in [0.2, 0.25) is 0 Å². The van der Waals surface area contributed by atoms with Gasteiger partial charge >= 0.3 is 0 Å². The molecule has 2 aromatic heterocycles. The summed E-state index contributed by atoms with van der Waals surface area (Å²) in [5.41, 5.74) is 1.01. The minimum Gasteiger partial charge on any atom is -0.294 e. The monoisotopic (exact) mass is 257 g/mol. The maximum absolute atomic E-state index is 12.0. The highest BCUT2D eigenvalue weighted by atomic mass is 16.1. The molecule has 0 amide bonds. The van der Waals surface area contributed by atoms with Crippen molar-refractivity contribution in [3.8, 4) is 5.82 Å². The van der Waals surface area contributed by atoms with Crippen molar-refractivity contribution in [2.24, 2.45) is 5.92 Å². The third kappa shape index (κ3) is 2.78. The van der Waals surface area contributed by atoms with Crippen molar-refractivity contribution in [2.45, 2.75) is 38.5 Å². The summed E-state index contributed by atoms with van der Waals surface area (Å²) in [5, 5.41) is 3.19. The van der Waals surface area contributed by atoms with Gasteiger partial charge in [0.25, 0.3) is 5.56 Å². The van der Waals surface area contributed by atoms with E-state index < -0.39 is 0 Å². The molecular formula is C15H19N3O. The Hall–Kier alpha value is -1.84. The van der Waals surface area contributed by atoms with E-state index in [4.69, 9.17) is 0 Å². The van der Waals surface area contributed by atoms with Crippen LogP contribution in [0, 0.1) is 5.92 Å². The average Bonchev–Trinajstić information content (AvgIpc) is 2.82. The summed E-state index contributed by atoms with van der Waals surface area (Å²) in [5.74, 6) is 1.38. The fourth-order valence-electron chi connectivity index (χ4n) is 2.91. The molecule has 0 spiro atoms. The second kappa shape index (κ2) is 5.43. The van der Waals surface area contributed by atoms with E-state index in [9.17, 15) is 4.79 Å². The quantitative estimate of drug-likeness (QED) is 0.919. The first-order valence-electron chi connectivity index (χ1n) is 7.05. The fraction of sp³-hybridized carbons (Fsp3) is 0.467. The molecule has 100 valence electrons. The van der Waals surface area contributed by atoms with Gasteiger partial charge in [-0.2, -0.15) is 0 Å². The largest absolute Gasteiger partial charge is 0.294 e. The van der Waals surface area contributed by atoms with Gasteiger partial charge in [-0.1, -0.05) is 38.2 Å². The van der Waals surface area contributed by atoms with Gasteiger partial charge in [-0.25, -0.2) is 9.67 Å². The molecule has 0 unspecified atom stereocenters. The lowest BCUT2D eigenvalue weighted by Crippen LogP contribution is -2.14. The minimum absolute atomic E-state index is 0.0236. The third-order valence-electron chi connectivity index (χ3n) is 3.89. The first kappa shape index (κ1) is 12.2. The summed E-state index contributed by atoms with van der Waals surface area (Å²) in [6.07, 6.45) is 9.28. The van der Waals surface area contributed by atoms with Gasteiger partial charge in [-0.15, -0.1) is 0 Å². The summed E-state index contributed by atoms with van der Waals surface area (Å²) in [7, 11) is 0. The Kier molecular flexibility index (Phi) is 3.49. The van der Waals surface area contributed by atoms with Gasteiger partial charge in [-0.05, 0) is 24.5 Å². The maximum Gasteiger partial charge on any atom is 0.272 e. The number of pyridine rings is 1. The molecule has 0 aromatic carbocycles. The summed E-state index contributed by atoms with van der Waals surface area (Å²) in [6, 6.07) is 7.28. The van der Waals surface area contributed by atoms with Crippen LogP contribution in [-0.4, -0.2) is 14.8 Å². The number of nitrogens with zero attached hydrogens (tertiary/aromatic N) is 2. The van der Waals surface area contributed by atoms with Crippen LogP contribution in [0.5, 0.6) is 0 Å². The number of H-pyrrole nitrogens is 1. The molecule has 0 atom stereocenters. The topological polar surface area (TPSA) is 50.7 Å². The van der Waals surface area contributed by atoms with Crippen molar-refractivity contribution in [3.05, 3.63) is 46.5 Å². The summed E-state index contributed by atoms with van der Waals surface area (Å²) in [6.45, 7) is 0. The zero-order valence-corrected chi connectivity index (χ0v) is 11.0. The number of nitrogens with one attached hydrogen (secondary N) is 1. The Labute approximate surface area is 112 Å². The lowest BCUT2D eigenvalue weighted by molar-refractivity contribution is 0.354. The predicted molar refractivity (Wildman–Crippen MR) is 74.5 cm³/mol. The van der Waals surface area contributed by atoms with Crippen LogP contribution >= 0.6 is 0 Å². The number of hydrogen-bond acceptors (Lipinski definition) is 2. The second-order valence-electron chi connectivity index (χ2n) is 5.35. The number of aromatic nitrogens is 3. The lowest BCUT2D eigenvalue weighted by atomic mass is 9.86. The van der Waals surface area contributed by atoms with E-state index in [0.29, 0.717) is 5.82 Å². The van der Waals surface area contributed by atoms with Crippen molar-refractivity contribution in [1.82, 2.24) is 14.8 Å². The zero-order valence-electron chi connectivity index (χ0n) is 11.0. The van der Waals surface area contributed by atoms with Crippen molar-refractivity contribution < 1.29 is 0 Å². The predicted octanol–water partition coefficient (Wildman–Crippen LogP) is 2.68. The van der Waals surface area contributed by atoms with E-state index in [-0.39, 0.29) is 5.56 Å². The Morgan fingerprint density at radius 3 is 2.84 bits per heavy atom. The average molecular weight is 257 g/mol. The molecule has 1 aliphatic carbocycles. The zero-order chi connectivity index (χ0) is 13.1. The van der Waals surface area contributed by atoms with Gasteiger partial charge in [-0.3, -0.25) is 9.89 Å². The number of aromatic amines is 1. The first-order chi connectivity index (χ1) is 9.33. The smallest absolute Gasteiger partial charge is 0.272 e. The van der Waals surface area contributed by atoms with Gasteiger partial charge in [0.05, 0.1) is 0 Å². The molecule has 2 aromatic rings. The number of rotatable bonds is 3. The van der Waals surface area contributed by atoms with Crippen molar-refractivity contribution in [1.29, 1.82) is 0 Å². The standard InChI is InChI=1S/C15H19N3O/c19-15-11-13(10-12-6-2-1-3-7-12)17-18(15)14-8-4-5-9-16-14/h4-5,8-9,11-12,17H,1-3,6-7,10H2. The Bertz CT molecular complexity index is 579. The van der Waals surface area contributed by atoms with Crippen LogP contribution in [0.2, 0.25) is 0 Å². The molecule has 0 radical (unpaired) electrons. The molecule has 3 rings (SSSR count). The minimum atomic E-state index is -0.0236. The summed E-state index contributed by atoms with van der Waals surface area (Å²) < 4.78 is 1.53. The van der Waals surface area contributed by atoms with Crippen LogP contribution in [0.4, 0.5) is 0 Å². The molecule has 4 heteroatoms. The van der Waals surface area contributed by atoms with E-state index in [1.54, 1.807) is 12.3 Å². The highest BCUT2D eigenvalue weighted by Gasteiger charge is 2.15. The first-order valence-corrected chi connectivity index (χ1v) is 7.05. The SMILES string of the molecule is O=c1cc(CC2CCCCC2)[nH]n1-c1ccccn1. The van der Waals surface area contributed by atoms with Crippen molar-refractivity contribution in [3.63, 3.8) is 0 Å². The maximum atomic E-state index is 12.0. The fourth-order valence-corrected chi connectivity index (χ4v) is 2.91. The summed E-state index contributed by atoms with van der Waals surface area (Å²) >= 11 is 0. The van der Waals surface area contributed by atoms with Crippen molar-refractivity contribution in [2.75, 3.05) is 0 Å². The molecule has 1 saturated carbocycles. The molecule has 1 aliphatic rings. The van der Waals surface area contributed by atoms with E-state index in [1.165, 1.54) is 36.8 Å². The molecule has 19 heavy (non-hydrogen) atoms. The Morgan fingerprint density at radius 1 is 1.26 bits per heavy atom. The van der Waals surface area contributed by atoms with Crippen LogP contribution in [0.25, 0.3) is 5.82 Å². The second-order valence-corrected chi connectivity index (χ2v) is 5.35. The third-order valence-corrected chi connectivity index (χ3v) is 3.89. The van der Waals surface area contributed by atoms with Crippen LogP contribution in [0.3, 0.4) is 0 Å². The van der Waals surface area contributed by atoms with E-state index in [1.807, 2.05) is 18.2 Å². The molecule has 2 heterocycles. The van der Waals surface area contributed by atoms with E-state index in [0.717, 1.165) is 18.0 Å². The highest BCUT2D eigenvalue weighted by Crippen LogP contribution is 2.26. The molecular weight excluding hydrogens is 238 g/mol. The van der Waals surface area contributed by atoms with E-state index in [2.05, 4.69) is 10.1 Å². The van der Waals surface area contributed by atoms with Crippen LogP contribution in [0.15, 0.2) is 35.3 Å². The number of hydrogen-bond donors (Lipinski definition) is 1. The lowest BCUT2D eigenvalue weighted by Gasteiger charge is -2.20. The molecule has 0 aliphatic heterocycles. The Balaban J connectivity index is 1.79.